The highest BCUT2D eigenvalue weighted by atomic mass is 14.0. The van der Waals surface area contributed by atoms with E-state index < -0.39 is 0 Å². The summed E-state index contributed by atoms with van der Waals surface area (Å²) in [4.78, 5) is 0. The van der Waals surface area contributed by atoms with E-state index in [1.54, 1.807) is 0 Å². The lowest BCUT2D eigenvalue weighted by molar-refractivity contribution is 0.580. The Balaban J connectivity index is 3.17. The Hall–Kier alpha value is -0.260. The zero-order chi connectivity index (χ0) is 7.28. The normalized spacial score (nSPS) is 10.2. The van der Waals surface area contributed by atoms with Crippen LogP contribution in [0, 0.1) is 5.92 Å². The monoisotopic (exact) mass is 126 g/mol. The van der Waals surface area contributed by atoms with Gasteiger partial charge in [0.2, 0.25) is 0 Å². The van der Waals surface area contributed by atoms with E-state index in [1.165, 1.54) is 18.4 Å². The van der Waals surface area contributed by atoms with Crippen molar-refractivity contribution in [3.63, 3.8) is 0 Å². The van der Waals surface area contributed by atoms with Crippen molar-refractivity contribution in [1.82, 2.24) is 0 Å². The van der Waals surface area contributed by atoms with Gasteiger partial charge in [-0.2, -0.15) is 0 Å². The Kier molecular flexibility index (Phi) is 4.47. The van der Waals surface area contributed by atoms with Gasteiger partial charge in [0.05, 0.1) is 0 Å². The van der Waals surface area contributed by atoms with E-state index in [0.717, 1.165) is 12.3 Å². The third kappa shape index (κ3) is 5.61. The maximum atomic E-state index is 3.95. The fourth-order valence-electron chi connectivity index (χ4n) is 0.670. The van der Waals surface area contributed by atoms with Crippen LogP contribution in [0.1, 0.15) is 40.0 Å². The summed E-state index contributed by atoms with van der Waals surface area (Å²) in [6.45, 7) is 10.6. The van der Waals surface area contributed by atoms with E-state index in [2.05, 4.69) is 27.4 Å². The molecule has 0 unspecified atom stereocenters. The molecule has 54 valence electrons. The van der Waals surface area contributed by atoms with Gasteiger partial charge in [-0.3, -0.25) is 0 Å². The molecule has 0 aliphatic carbocycles. The molecule has 0 N–H and O–H groups in total. The van der Waals surface area contributed by atoms with Crippen molar-refractivity contribution >= 4 is 0 Å². The summed E-state index contributed by atoms with van der Waals surface area (Å²) in [5, 5.41) is 0. The van der Waals surface area contributed by atoms with E-state index in [0.29, 0.717) is 0 Å². The summed E-state index contributed by atoms with van der Waals surface area (Å²) < 4.78 is 0. The maximum Gasteiger partial charge on any atom is -0.0321 e. The molecule has 0 fully saturated rings. The first kappa shape index (κ1) is 8.74. The van der Waals surface area contributed by atoms with Gasteiger partial charge in [0.25, 0.3) is 0 Å². The average molecular weight is 126 g/mol. The van der Waals surface area contributed by atoms with Gasteiger partial charge in [0, 0.05) is 0 Å². The molecule has 0 aliphatic rings. The van der Waals surface area contributed by atoms with Crippen molar-refractivity contribution < 1.29 is 0 Å². The molecule has 0 radical (unpaired) electrons. The summed E-state index contributed by atoms with van der Waals surface area (Å²) in [7, 11) is 0. The molecule has 9 heavy (non-hydrogen) atoms. The Morgan fingerprint density at radius 3 is 2.33 bits per heavy atom. The summed E-state index contributed by atoms with van der Waals surface area (Å²) >= 11 is 0. The molecular formula is C9H18. The van der Waals surface area contributed by atoms with E-state index in [9.17, 15) is 0 Å². The van der Waals surface area contributed by atoms with E-state index in [4.69, 9.17) is 0 Å². The second-order valence-electron chi connectivity index (χ2n) is 3.04. The quantitative estimate of drug-likeness (QED) is 0.506. The van der Waals surface area contributed by atoms with Gasteiger partial charge in [0.1, 0.15) is 0 Å². The highest BCUT2D eigenvalue weighted by Crippen LogP contribution is 2.11. The Morgan fingerprint density at radius 2 is 2.00 bits per heavy atom. The minimum Gasteiger partial charge on any atom is -0.0999 e. The third-order valence-electron chi connectivity index (χ3n) is 1.58. The van der Waals surface area contributed by atoms with Crippen molar-refractivity contribution in [2.45, 2.75) is 40.0 Å². The van der Waals surface area contributed by atoms with Gasteiger partial charge in [-0.1, -0.05) is 32.9 Å². The third-order valence-corrected chi connectivity index (χ3v) is 1.58. The molecule has 0 aromatic carbocycles. The largest absolute Gasteiger partial charge is 0.0999 e. The number of hydrogen-bond donors (Lipinski definition) is 0. The molecule has 0 amide bonds. The molecule has 0 rings (SSSR count). The average Bonchev–Trinajstić information content (AvgIpc) is 1.83. The summed E-state index contributed by atoms with van der Waals surface area (Å²) in [5.74, 6) is 0.827. The first-order valence-corrected chi connectivity index (χ1v) is 3.83. The molecule has 0 saturated carbocycles. The maximum absolute atomic E-state index is 3.95. The smallest absolute Gasteiger partial charge is 0.0321 e. The Labute approximate surface area is 59.0 Å². The van der Waals surface area contributed by atoms with Crippen molar-refractivity contribution in [3.8, 4) is 0 Å². The second kappa shape index (κ2) is 4.60. The topological polar surface area (TPSA) is 0 Å². The van der Waals surface area contributed by atoms with Crippen LogP contribution < -0.4 is 0 Å². The van der Waals surface area contributed by atoms with Gasteiger partial charge < -0.3 is 0 Å². The summed E-state index contributed by atoms with van der Waals surface area (Å²) in [5.41, 5.74) is 1.39. The first-order chi connectivity index (χ1) is 4.16. The minimum atomic E-state index is 0.827. The molecule has 0 heterocycles. The van der Waals surface area contributed by atoms with Crippen LogP contribution in [0.5, 0.6) is 0 Å². The molecule has 0 spiro atoms. The van der Waals surface area contributed by atoms with E-state index >= 15 is 0 Å². The van der Waals surface area contributed by atoms with Gasteiger partial charge in [-0.15, -0.1) is 0 Å². The molecule has 0 aromatic rings. The fourth-order valence-corrected chi connectivity index (χ4v) is 0.670. The van der Waals surface area contributed by atoms with Crippen LogP contribution in [0.4, 0.5) is 0 Å². The van der Waals surface area contributed by atoms with Crippen LogP contribution >= 0.6 is 0 Å². The fraction of sp³-hybridized carbons (Fsp3) is 0.778. The first-order valence-electron chi connectivity index (χ1n) is 3.83. The van der Waals surface area contributed by atoms with Gasteiger partial charge >= 0.3 is 0 Å². The molecular weight excluding hydrogens is 108 g/mol. The number of rotatable bonds is 4. The van der Waals surface area contributed by atoms with Gasteiger partial charge in [-0.05, 0) is 25.2 Å². The van der Waals surface area contributed by atoms with Crippen LogP contribution in [0.2, 0.25) is 0 Å². The lowest BCUT2D eigenvalue weighted by Crippen LogP contribution is -1.87. The van der Waals surface area contributed by atoms with E-state index in [-0.39, 0.29) is 0 Å². The second-order valence-corrected chi connectivity index (χ2v) is 3.04. The number of hydrogen-bond acceptors (Lipinski definition) is 0. The molecule has 0 bridgehead atoms. The summed E-state index contributed by atoms with van der Waals surface area (Å²) in [6.07, 6.45) is 3.66. The van der Waals surface area contributed by atoms with Crippen LogP contribution in [-0.4, -0.2) is 0 Å². The van der Waals surface area contributed by atoms with Crippen molar-refractivity contribution in [2.75, 3.05) is 0 Å². The van der Waals surface area contributed by atoms with Crippen molar-refractivity contribution in [2.24, 2.45) is 5.92 Å². The predicted molar refractivity (Wildman–Crippen MR) is 43.5 cm³/mol. The van der Waals surface area contributed by atoms with Gasteiger partial charge in [-0.25, -0.2) is 0 Å². The van der Waals surface area contributed by atoms with Crippen LogP contribution in [0.3, 0.4) is 0 Å². The Morgan fingerprint density at radius 1 is 1.44 bits per heavy atom. The Bertz CT molecular complexity index is 80.0. The van der Waals surface area contributed by atoms with Crippen LogP contribution in [0.15, 0.2) is 12.2 Å². The van der Waals surface area contributed by atoms with Gasteiger partial charge in [0.15, 0.2) is 0 Å². The summed E-state index contributed by atoms with van der Waals surface area (Å²) in [6, 6.07) is 0. The lowest BCUT2D eigenvalue weighted by atomic mass is 10.0. The van der Waals surface area contributed by atoms with E-state index in [1.807, 2.05) is 0 Å². The zero-order valence-corrected chi connectivity index (χ0v) is 6.91. The number of allylic oxidation sites excluding steroid dienone is 1. The molecule has 0 saturated heterocycles. The van der Waals surface area contributed by atoms with Crippen molar-refractivity contribution in [3.05, 3.63) is 12.2 Å². The standard InChI is InChI=1S/C9H18/c1-5-9(4)7-6-8(2)3/h8H,4-7H2,1-3H3. The van der Waals surface area contributed by atoms with Crippen LogP contribution in [-0.2, 0) is 0 Å². The molecule has 0 atom stereocenters. The minimum absolute atomic E-state index is 0.827. The molecule has 0 aromatic heterocycles. The lowest BCUT2D eigenvalue weighted by Gasteiger charge is -2.04. The SMILES string of the molecule is C=C(CC)CCC(C)C. The predicted octanol–water partition coefficient (Wildman–Crippen LogP) is 3.39. The molecule has 0 nitrogen and oxygen atoms in total. The van der Waals surface area contributed by atoms with Crippen molar-refractivity contribution in [1.29, 1.82) is 0 Å². The zero-order valence-electron chi connectivity index (χ0n) is 6.91. The highest BCUT2D eigenvalue weighted by Gasteiger charge is 1.94. The molecule has 0 aliphatic heterocycles. The highest BCUT2D eigenvalue weighted by molar-refractivity contribution is 4.91. The molecule has 0 heteroatoms. The van der Waals surface area contributed by atoms with Crippen LogP contribution in [0.25, 0.3) is 0 Å².